The van der Waals surface area contributed by atoms with E-state index in [0.717, 1.165) is 0 Å². The van der Waals surface area contributed by atoms with Gasteiger partial charge >= 0.3 is 11.9 Å². The van der Waals surface area contributed by atoms with E-state index in [1.165, 1.54) is 18.5 Å². The van der Waals surface area contributed by atoms with E-state index in [4.69, 9.17) is 10.8 Å². The Balaban J connectivity index is 1.52. The van der Waals surface area contributed by atoms with Gasteiger partial charge in [-0.25, -0.2) is 14.8 Å². The van der Waals surface area contributed by atoms with Crippen molar-refractivity contribution < 1.29 is 24.6 Å². The van der Waals surface area contributed by atoms with Crippen LogP contribution < -0.4 is 16.6 Å². The number of carboxylic acid groups (broad SMARTS) is 2. The number of aliphatic carboxylic acids is 2. The van der Waals surface area contributed by atoms with Crippen molar-refractivity contribution in [2.75, 3.05) is 5.73 Å². The van der Waals surface area contributed by atoms with Crippen LogP contribution in [0.2, 0.25) is 0 Å². The van der Waals surface area contributed by atoms with E-state index in [0.29, 0.717) is 22.3 Å². The molecule has 7 N–H and O–H groups in total. The number of carbonyl (C=O) groups excluding carboxylic acids is 1. The number of aromatic amines is 2. The van der Waals surface area contributed by atoms with Crippen molar-refractivity contribution in [3.63, 3.8) is 0 Å². The number of nitrogen functional groups attached to an aromatic ring is 1. The Morgan fingerprint density at radius 3 is 2.71 bits per heavy atom. The predicted octanol–water partition coefficient (Wildman–Crippen LogP) is 0.575. The van der Waals surface area contributed by atoms with Crippen molar-refractivity contribution in [1.29, 1.82) is 0 Å². The van der Waals surface area contributed by atoms with Crippen LogP contribution in [0, 0.1) is 0 Å². The highest BCUT2D eigenvalue weighted by atomic mass is 16.4. The molecule has 178 valence electrons. The van der Waals surface area contributed by atoms with E-state index >= 15 is 0 Å². The number of fused-ring (bicyclic) bond motifs is 2. The van der Waals surface area contributed by atoms with Gasteiger partial charge in [-0.1, -0.05) is 6.07 Å². The monoisotopic (exact) mass is 478 g/mol. The van der Waals surface area contributed by atoms with Crippen LogP contribution in [-0.2, 0) is 9.59 Å². The number of hydrogen-bond donors (Lipinski definition) is 6. The lowest BCUT2D eigenvalue weighted by Crippen LogP contribution is -2.41. The Morgan fingerprint density at radius 1 is 1.17 bits per heavy atom. The number of carboxylic acids is 2. The maximum Gasteiger partial charge on any atom is 0.326 e. The molecular weight excluding hydrogens is 460 g/mol. The lowest BCUT2D eigenvalue weighted by molar-refractivity contribution is -0.140. The fourth-order valence-electron chi connectivity index (χ4n) is 3.23. The molecule has 4 rings (SSSR count). The first kappa shape index (κ1) is 23.0. The molecule has 1 unspecified atom stereocenters. The molecule has 0 aliphatic heterocycles. The second kappa shape index (κ2) is 9.38. The fraction of sp³-hybridized carbons (Fsp3) is 0.143. The van der Waals surface area contributed by atoms with E-state index in [9.17, 15) is 24.3 Å². The molecule has 0 spiro atoms. The number of carbonyl (C=O) groups is 3. The second-order valence-electron chi connectivity index (χ2n) is 7.43. The number of nitrogens with one attached hydrogen (secondary N) is 3. The zero-order chi connectivity index (χ0) is 25.1. The number of rotatable bonds is 8. The summed E-state index contributed by atoms with van der Waals surface area (Å²) in [6.45, 7) is 0. The van der Waals surface area contributed by atoms with Crippen LogP contribution in [0.3, 0.4) is 0 Å². The van der Waals surface area contributed by atoms with Crippen molar-refractivity contribution in [3.8, 4) is 0 Å². The summed E-state index contributed by atoms with van der Waals surface area (Å²) in [7, 11) is 0. The molecule has 0 saturated carbocycles. The Morgan fingerprint density at radius 2 is 1.97 bits per heavy atom. The van der Waals surface area contributed by atoms with Gasteiger partial charge in [-0.3, -0.25) is 24.4 Å². The van der Waals surface area contributed by atoms with Crippen molar-refractivity contribution in [2.24, 2.45) is 4.99 Å². The van der Waals surface area contributed by atoms with Gasteiger partial charge in [-0.05, 0) is 24.6 Å². The number of H-pyrrole nitrogens is 2. The van der Waals surface area contributed by atoms with Crippen molar-refractivity contribution in [3.05, 3.63) is 52.2 Å². The van der Waals surface area contributed by atoms with Gasteiger partial charge in [0, 0.05) is 17.3 Å². The van der Waals surface area contributed by atoms with E-state index in [1.54, 1.807) is 18.2 Å². The Bertz CT molecular complexity index is 1560. The lowest BCUT2D eigenvalue weighted by atomic mass is 10.1. The lowest BCUT2D eigenvalue weighted by Gasteiger charge is -2.12. The summed E-state index contributed by atoms with van der Waals surface area (Å²) in [6, 6.07) is 5.24. The molecule has 0 aliphatic rings. The van der Waals surface area contributed by atoms with Crippen molar-refractivity contribution >= 4 is 57.8 Å². The van der Waals surface area contributed by atoms with Crippen LogP contribution in [0.4, 0.5) is 11.6 Å². The average Bonchev–Trinajstić information content (AvgIpc) is 3.23. The normalized spacial score (nSPS) is 12.2. The van der Waals surface area contributed by atoms with E-state index in [-0.39, 0.29) is 29.2 Å². The Labute approximate surface area is 195 Å². The third-order valence-corrected chi connectivity index (χ3v) is 4.90. The molecule has 0 aliphatic carbocycles. The molecule has 3 aromatic heterocycles. The fourth-order valence-corrected chi connectivity index (χ4v) is 3.23. The highest BCUT2D eigenvalue weighted by molar-refractivity contribution is 6.00. The first-order valence-corrected chi connectivity index (χ1v) is 10.1. The summed E-state index contributed by atoms with van der Waals surface area (Å²) < 4.78 is 0. The van der Waals surface area contributed by atoms with Crippen LogP contribution in [0.25, 0.3) is 22.1 Å². The largest absolute Gasteiger partial charge is 0.481 e. The number of nitrogens with zero attached hydrogens (tertiary/aromatic N) is 4. The minimum atomic E-state index is -1.34. The number of amides is 1. The first-order valence-electron chi connectivity index (χ1n) is 10.1. The highest BCUT2D eigenvalue weighted by Gasteiger charge is 2.22. The molecule has 1 aromatic carbocycles. The Hall–Kier alpha value is -5.14. The summed E-state index contributed by atoms with van der Waals surface area (Å²) in [5.74, 6) is -3.24. The van der Waals surface area contributed by atoms with Gasteiger partial charge in [-0.15, -0.1) is 0 Å². The summed E-state index contributed by atoms with van der Waals surface area (Å²) in [4.78, 5) is 68.2. The SMILES string of the molecule is Nc1nc2ncc(C=Nc3ccc4cc(C(=O)NC(CCC(=O)O)C(=O)O)[nH]c4c3)nc2c(=O)[nH]1. The molecule has 0 saturated heterocycles. The van der Waals surface area contributed by atoms with Crippen LogP contribution in [0.1, 0.15) is 29.0 Å². The molecule has 14 nitrogen and oxygen atoms in total. The molecule has 35 heavy (non-hydrogen) atoms. The molecule has 0 fully saturated rings. The van der Waals surface area contributed by atoms with Crippen LogP contribution >= 0.6 is 0 Å². The summed E-state index contributed by atoms with van der Waals surface area (Å²) >= 11 is 0. The zero-order valence-electron chi connectivity index (χ0n) is 17.8. The standard InChI is InChI=1S/C21H18N8O6/c22-21-28-17-16(19(33)29-21)25-11(8-24-17)7-23-10-2-1-9-5-14(26-13(9)6-10)18(32)27-12(20(34)35)3-4-15(30)31/h1-2,5-8,12,26H,3-4H2,(H,27,32)(H,30,31)(H,34,35)(H3,22,24,28,29,33). The maximum absolute atomic E-state index is 12.5. The quantitative estimate of drug-likeness (QED) is 0.193. The van der Waals surface area contributed by atoms with Crippen molar-refractivity contribution in [1.82, 2.24) is 30.2 Å². The topological polar surface area (TPSA) is 229 Å². The number of benzene rings is 1. The van der Waals surface area contributed by atoms with Gasteiger partial charge in [0.05, 0.1) is 18.1 Å². The average molecular weight is 478 g/mol. The Kier molecular flexibility index (Phi) is 6.17. The number of hydrogen-bond acceptors (Lipinski definition) is 9. The molecule has 14 heteroatoms. The molecule has 1 atom stereocenters. The first-order chi connectivity index (χ1) is 16.7. The summed E-state index contributed by atoms with van der Waals surface area (Å²) in [5.41, 5.74) is 6.56. The van der Waals surface area contributed by atoms with Gasteiger partial charge in [0.2, 0.25) is 5.95 Å². The van der Waals surface area contributed by atoms with Crippen molar-refractivity contribution in [2.45, 2.75) is 18.9 Å². The number of aromatic nitrogens is 5. The van der Waals surface area contributed by atoms with Crippen LogP contribution in [0.15, 0.2) is 40.2 Å². The van der Waals surface area contributed by atoms with Crippen LogP contribution in [-0.4, -0.2) is 65.2 Å². The third kappa shape index (κ3) is 5.27. The third-order valence-electron chi connectivity index (χ3n) is 4.90. The molecule has 3 heterocycles. The molecular formula is C21H18N8O6. The summed E-state index contributed by atoms with van der Waals surface area (Å²) in [6.07, 6.45) is 2.14. The van der Waals surface area contributed by atoms with E-state index in [1.807, 2.05) is 0 Å². The maximum atomic E-state index is 12.5. The van der Waals surface area contributed by atoms with E-state index in [2.05, 4.69) is 35.2 Å². The number of aliphatic imine (C=N–C) groups is 1. The highest BCUT2D eigenvalue weighted by Crippen LogP contribution is 2.22. The predicted molar refractivity (Wildman–Crippen MR) is 124 cm³/mol. The minimum absolute atomic E-state index is 0.0154. The van der Waals surface area contributed by atoms with Gasteiger partial charge in [-0.2, -0.15) is 4.98 Å². The second-order valence-corrected chi connectivity index (χ2v) is 7.43. The molecule has 0 radical (unpaired) electrons. The zero-order valence-corrected chi connectivity index (χ0v) is 17.8. The molecule has 0 bridgehead atoms. The van der Waals surface area contributed by atoms with Gasteiger partial charge in [0.25, 0.3) is 11.5 Å². The number of anilines is 1. The van der Waals surface area contributed by atoms with Gasteiger partial charge in [0.15, 0.2) is 11.2 Å². The summed E-state index contributed by atoms with van der Waals surface area (Å²) in [5, 5.41) is 21.0. The van der Waals surface area contributed by atoms with E-state index < -0.39 is 35.9 Å². The van der Waals surface area contributed by atoms with Gasteiger partial charge in [0.1, 0.15) is 17.4 Å². The number of nitrogens with two attached hydrogens (primary N) is 1. The molecule has 1 amide bonds. The molecule has 4 aromatic rings. The van der Waals surface area contributed by atoms with Crippen LogP contribution in [0.5, 0.6) is 0 Å². The smallest absolute Gasteiger partial charge is 0.326 e. The minimum Gasteiger partial charge on any atom is -0.481 e. The van der Waals surface area contributed by atoms with Gasteiger partial charge < -0.3 is 26.2 Å².